The van der Waals surface area contributed by atoms with Crippen LogP contribution in [-0.4, -0.2) is 34.1 Å². The molecule has 0 saturated carbocycles. The second-order valence-corrected chi connectivity index (χ2v) is 6.95. The van der Waals surface area contributed by atoms with Crippen molar-refractivity contribution >= 4 is 5.91 Å². The largest absolute Gasteiger partial charge is 0.342 e. The lowest BCUT2D eigenvalue weighted by atomic mass is 9.95. The van der Waals surface area contributed by atoms with Crippen LogP contribution in [0.1, 0.15) is 46.0 Å². The molecular formula is C15H27N3O. The first-order valence-electron chi connectivity index (χ1n) is 6.96. The van der Waals surface area contributed by atoms with Crippen molar-refractivity contribution in [1.82, 2.24) is 15.1 Å². The number of carbonyl (C=O) groups is 1. The van der Waals surface area contributed by atoms with E-state index in [2.05, 4.69) is 44.8 Å². The number of nitrogens with zero attached hydrogens (tertiary/aromatic N) is 2. The fourth-order valence-electron chi connectivity index (χ4n) is 2.10. The molecule has 108 valence electrons. The smallest absolute Gasteiger partial charge is 0.228 e. The number of aromatic nitrogens is 2. The molecule has 0 bridgehead atoms. The summed E-state index contributed by atoms with van der Waals surface area (Å²) in [6.45, 7) is 14.3. The van der Waals surface area contributed by atoms with E-state index in [1.165, 1.54) is 0 Å². The molecule has 0 aliphatic heterocycles. The van der Waals surface area contributed by atoms with Crippen molar-refractivity contribution in [2.45, 2.75) is 48.0 Å². The first-order valence-corrected chi connectivity index (χ1v) is 6.96. The molecule has 1 heterocycles. The quantitative estimate of drug-likeness (QED) is 0.890. The fraction of sp³-hybridized carbons (Fsp3) is 0.733. The van der Waals surface area contributed by atoms with E-state index in [1.807, 2.05) is 17.9 Å². The predicted octanol–water partition coefficient (Wildman–Crippen LogP) is 2.79. The fourth-order valence-corrected chi connectivity index (χ4v) is 2.10. The van der Waals surface area contributed by atoms with Crippen LogP contribution in [0.3, 0.4) is 0 Å². The lowest BCUT2D eigenvalue weighted by molar-refractivity contribution is -0.132. The van der Waals surface area contributed by atoms with E-state index in [1.54, 1.807) is 0 Å². The molecule has 0 aliphatic carbocycles. The molecule has 0 unspecified atom stereocenters. The van der Waals surface area contributed by atoms with Gasteiger partial charge in [0.2, 0.25) is 5.91 Å². The van der Waals surface area contributed by atoms with Crippen LogP contribution in [0, 0.1) is 18.3 Å². The molecule has 1 aromatic rings. The number of aryl methyl sites for hydroxylation is 1. The van der Waals surface area contributed by atoms with Gasteiger partial charge in [0.25, 0.3) is 0 Å². The number of carbonyl (C=O) groups excluding carboxylic acids is 1. The van der Waals surface area contributed by atoms with Gasteiger partial charge in [0.1, 0.15) is 0 Å². The zero-order valence-corrected chi connectivity index (χ0v) is 13.1. The molecular weight excluding hydrogens is 238 g/mol. The number of aromatic amines is 1. The molecule has 0 atom stereocenters. The number of nitrogens with one attached hydrogen (secondary N) is 1. The average Bonchev–Trinajstić information content (AvgIpc) is 2.60. The van der Waals surface area contributed by atoms with Crippen LogP contribution in [0.4, 0.5) is 0 Å². The Labute approximate surface area is 116 Å². The summed E-state index contributed by atoms with van der Waals surface area (Å²) in [5.41, 5.74) is 1.94. The van der Waals surface area contributed by atoms with Crippen molar-refractivity contribution in [3.8, 4) is 0 Å². The van der Waals surface area contributed by atoms with E-state index in [-0.39, 0.29) is 11.3 Å². The Kier molecular flexibility index (Phi) is 5.15. The molecule has 1 rings (SSSR count). The van der Waals surface area contributed by atoms with Crippen LogP contribution in [0.15, 0.2) is 6.07 Å². The van der Waals surface area contributed by atoms with E-state index in [9.17, 15) is 4.79 Å². The van der Waals surface area contributed by atoms with E-state index in [4.69, 9.17) is 0 Å². The third-order valence-electron chi connectivity index (χ3n) is 2.69. The maximum atomic E-state index is 12.4. The van der Waals surface area contributed by atoms with Gasteiger partial charge in [-0.1, -0.05) is 34.6 Å². The molecule has 4 heteroatoms. The second kappa shape index (κ2) is 6.22. The number of hydrogen-bond donors (Lipinski definition) is 1. The Morgan fingerprint density at radius 3 is 2.47 bits per heavy atom. The first-order chi connectivity index (χ1) is 8.67. The minimum absolute atomic E-state index is 0.117. The van der Waals surface area contributed by atoms with Gasteiger partial charge >= 0.3 is 0 Å². The number of H-pyrrole nitrogens is 1. The molecule has 0 spiro atoms. The molecule has 4 nitrogen and oxygen atoms in total. The summed E-state index contributed by atoms with van der Waals surface area (Å²) in [5.74, 6) is 0.641. The zero-order chi connectivity index (χ0) is 14.6. The Hall–Kier alpha value is -1.32. The third kappa shape index (κ3) is 5.90. The van der Waals surface area contributed by atoms with Gasteiger partial charge in [0.15, 0.2) is 0 Å². The van der Waals surface area contributed by atoms with Crippen LogP contribution in [0.25, 0.3) is 0 Å². The van der Waals surface area contributed by atoms with Crippen molar-refractivity contribution < 1.29 is 4.79 Å². The van der Waals surface area contributed by atoms with Crippen LogP contribution in [-0.2, 0) is 11.2 Å². The minimum atomic E-state index is 0.117. The van der Waals surface area contributed by atoms with Gasteiger partial charge in [-0.3, -0.25) is 9.89 Å². The van der Waals surface area contributed by atoms with Gasteiger partial charge in [-0.25, -0.2) is 0 Å². The van der Waals surface area contributed by atoms with Crippen molar-refractivity contribution in [3.63, 3.8) is 0 Å². The van der Waals surface area contributed by atoms with Gasteiger partial charge < -0.3 is 4.90 Å². The van der Waals surface area contributed by atoms with Crippen LogP contribution < -0.4 is 0 Å². The second-order valence-electron chi connectivity index (χ2n) is 6.95. The highest BCUT2D eigenvalue weighted by atomic mass is 16.2. The minimum Gasteiger partial charge on any atom is -0.342 e. The van der Waals surface area contributed by atoms with Crippen molar-refractivity contribution in [3.05, 3.63) is 17.5 Å². The average molecular weight is 265 g/mol. The number of hydrogen-bond acceptors (Lipinski definition) is 2. The van der Waals surface area contributed by atoms with Gasteiger partial charge in [0, 0.05) is 18.8 Å². The molecule has 0 aromatic carbocycles. The highest BCUT2D eigenvalue weighted by molar-refractivity contribution is 5.78. The molecule has 0 saturated heterocycles. The Morgan fingerprint density at radius 2 is 2.05 bits per heavy atom. The van der Waals surface area contributed by atoms with Gasteiger partial charge in [0.05, 0.1) is 12.1 Å². The summed E-state index contributed by atoms with van der Waals surface area (Å²) < 4.78 is 0. The van der Waals surface area contributed by atoms with Gasteiger partial charge in [-0.15, -0.1) is 0 Å². The SMILES string of the molecule is Cc1cc(CC(=O)N(CC(C)C)CC(C)(C)C)n[nH]1. The standard InChI is InChI=1S/C15H27N3O/c1-11(2)9-18(10-15(4,5)6)14(19)8-13-7-12(3)16-17-13/h7,11H,8-10H2,1-6H3,(H,16,17). The molecule has 19 heavy (non-hydrogen) atoms. The molecule has 0 radical (unpaired) electrons. The van der Waals surface area contributed by atoms with Crippen molar-refractivity contribution in [2.24, 2.45) is 11.3 Å². The molecule has 1 amide bonds. The van der Waals surface area contributed by atoms with Crippen molar-refractivity contribution in [1.29, 1.82) is 0 Å². The summed E-state index contributed by atoms with van der Waals surface area (Å²) in [5, 5.41) is 7.02. The predicted molar refractivity (Wildman–Crippen MR) is 77.9 cm³/mol. The molecule has 0 fully saturated rings. The topological polar surface area (TPSA) is 49.0 Å². The van der Waals surface area contributed by atoms with E-state index >= 15 is 0 Å². The van der Waals surface area contributed by atoms with Crippen molar-refractivity contribution in [2.75, 3.05) is 13.1 Å². The van der Waals surface area contributed by atoms with Crippen LogP contribution in [0.2, 0.25) is 0 Å². The maximum Gasteiger partial charge on any atom is 0.228 e. The highest BCUT2D eigenvalue weighted by Crippen LogP contribution is 2.17. The Balaban J connectivity index is 2.70. The van der Waals surface area contributed by atoms with Gasteiger partial charge in [-0.05, 0) is 24.3 Å². The van der Waals surface area contributed by atoms with E-state index in [0.29, 0.717) is 12.3 Å². The molecule has 1 N–H and O–H groups in total. The summed E-state index contributed by atoms with van der Waals surface area (Å²) in [7, 11) is 0. The first kappa shape index (κ1) is 15.7. The zero-order valence-electron chi connectivity index (χ0n) is 13.1. The third-order valence-corrected chi connectivity index (χ3v) is 2.69. The van der Waals surface area contributed by atoms with Crippen LogP contribution in [0.5, 0.6) is 0 Å². The Bertz CT molecular complexity index is 415. The summed E-state index contributed by atoms with van der Waals surface area (Å²) in [6, 6.07) is 1.93. The summed E-state index contributed by atoms with van der Waals surface area (Å²) in [6.07, 6.45) is 0.382. The lowest BCUT2D eigenvalue weighted by Gasteiger charge is -2.31. The van der Waals surface area contributed by atoms with E-state index < -0.39 is 0 Å². The van der Waals surface area contributed by atoms with E-state index in [0.717, 1.165) is 24.5 Å². The Morgan fingerprint density at radius 1 is 1.42 bits per heavy atom. The van der Waals surface area contributed by atoms with Gasteiger partial charge in [-0.2, -0.15) is 5.10 Å². The normalized spacial score (nSPS) is 11.9. The van der Waals surface area contributed by atoms with Crippen LogP contribution >= 0.6 is 0 Å². The molecule has 1 aromatic heterocycles. The lowest BCUT2D eigenvalue weighted by Crippen LogP contribution is -2.40. The monoisotopic (exact) mass is 265 g/mol. The maximum absolute atomic E-state index is 12.4. The molecule has 0 aliphatic rings. The summed E-state index contributed by atoms with van der Waals surface area (Å²) >= 11 is 0. The summed E-state index contributed by atoms with van der Waals surface area (Å²) in [4.78, 5) is 14.4. The highest BCUT2D eigenvalue weighted by Gasteiger charge is 2.22. The number of rotatable bonds is 5. The number of amides is 1.